The summed E-state index contributed by atoms with van der Waals surface area (Å²) in [4.78, 5) is 9.01. The molecule has 2 aromatic carbocycles. The molecule has 3 aromatic rings. The number of rotatable bonds is 8. The van der Waals surface area contributed by atoms with Crippen LogP contribution < -0.4 is 29.6 Å². The minimum absolute atomic E-state index is 0.427. The van der Waals surface area contributed by atoms with Gasteiger partial charge in [0.15, 0.2) is 11.5 Å². The quantitative estimate of drug-likeness (QED) is 0.583. The van der Waals surface area contributed by atoms with Crippen LogP contribution in [0, 0.1) is 6.92 Å². The molecule has 152 valence electrons. The van der Waals surface area contributed by atoms with Crippen molar-refractivity contribution >= 4 is 23.1 Å². The van der Waals surface area contributed by atoms with Gasteiger partial charge in [0, 0.05) is 29.6 Å². The fraction of sp³-hybridized carbons (Fsp3) is 0.238. The van der Waals surface area contributed by atoms with E-state index in [1.54, 1.807) is 40.6 Å². The van der Waals surface area contributed by atoms with Gasteiger partial charge in [-0.25, -0.2) is 4.98 Å². The lowest BCUT2D eigenvalue weighted by atomic mass is 10.2. The molecule has 0 aliphatic rings. The first-order chi connectivity index (χ1) is 14.1. The van der Waals surface area contributed by atoms with Crippen LogP contribution in [0.15, 0.2) is 42.5 Å². The molecule has 0 atom stereocenters. The highest BCUT2D eigenvalue weighted by Gasteiger charge is 2.14. The second-order valence-corrected chi connectivity index (χ2v) is 6.08. The molecule has 0 saturated carbocycles. The van der Waals surface area contributed by atoms with Crippen LogP contribution in [0.5, 0.6) is 23.0 Å². The molecule has 2 N–H and O–H groups in total. The predicted octanol–water partition coefficient (Wildman–Crippen LogP) is 4.31. The highest BCUT2D eigenvalue weighted by molar-refractivity contribution is 5.68. The topological polar surface area (TPSA) is 86.8 Å². The van der Waals surface area contributed by atoms with Crippen molar-refractivity contribution in [2.75, 3.05) is 39.1 Å². The Hall–Kier alpha value is -3.68. The van der Waals surface area contributed by atoms with Crippen molar-refractivity contribution in [1.29, 1.82) is 0 Å². The molecule has 0 unspecified atom stereocenters. The number of aryl methyl sites for hydroxylation is 1. The summed E-state index contributed by atoms with van der Waals surface area (Å²) in [5, 5.41) is 6.46. The number of para-hydroxylation sites is 2. The summed E-state index contributed by atoms with van der Waals surface area (Å²) in [6.07, 6.45) is 0. The van der Waals surface area contributed by atoms with E-state index in [9.17, 15) is 0 Å². The van der Waals surface area contributed by atoms with Crippen LogP contribution in [0.4, 0.5) is 23.1 Å². The third-order valence-corrected chi connectivity index (χ3v) is 4.14. The van der Waals surface area contributed by atoms with Gasteiger partial charge in [-0.3, -0.25) is 0 Å². The Balaban J connectivity index is 1.91. The summed E-state index contributed by atoms with van der Waals surface area (Å²) >= 11 is 0. The van der Waals surface area contributed by atoms with E-state index in [-0.39, 0.29) is 0 Å². The van der Waals surface area contributed by atoms with Crippen LogP contribution in [0.2, 0.25) is 0 Å². The molecule has 0 amide bonds. The van der Waals surface area contributed by atoms with E-state index < -0.39 is 0 Å². The maximum absolute atomic E-state index is 5.40. The maximum atomic E-state index is 5.40. The number of anilines is 4. The van der Waals surface area contributed by atoms with Crippen molar-refractivity contribution in [3.05, 3.63) is 48.2 Å². The van der Waals surface area contributed by atoms with Gasteiger partial charge in [-0.05, 0) is 19.1 Å². The Kier molecular flexibility index (Phi) is 6.23. The molecular formula is C21H24N4O4. The van der Waals surface area contributed by atoms with Gasteiger partial charge in [-0.1, -0.05) is 12.1 Å². The van der Waals surface area contributed by atoms with Gasteiger partial charge in [-0.2, -0.15) is 4.98 Å². The van der Waals surface area contributed by atoms with E-state index in [4.69, 9.17) is 18.9 Å². The van der Waals surface area contributed by atoms with Crippen molar-refractivity contribution in [3.8, 4) is 23.0 Å². The van der Waals surface area contributed by atoms with Crippen molar-refractivity contribution < 1.29 is 18.9 Å². The second-order valence-electron chi connectivity index (χ2n) is 6.08. The predicted molar refractivity (Wildman–Crippen MR) is 112 cm³/mol. The maximum Gasteiger partial charge on any atom is 0.229 e. The molecule has 0 bridgehead atoms. The first-order valence-electron chi connectivity index (χ1n) is 8.90. The molecule has 1 aromatic heterocycles. The number of hydrogen-bond donors (Lipinski definition) is 2. The average Bonchev–Trinajstić information content (AvgIpc) is 2.72. The Labute approximate surface area is 169 Å². The standard InChI is InChI=1S/C21H24N4O4/c1-13-10-19(24-15-8-6-7-9-16(15)26-2)25-21(22-13)23-14-11-17(27-3)20(29-5)18(12-14)28-4/h6-12H,1-5H3,(H2,22,23,24,25). The van der Waals surface area contributed by atoms with Gasteiger partial charge >= 0.3 is 0 Å². The summed E-state index contributed by atoms with van der Waals surface area (Å²) in [6.45, 7) is 1.90. The fourth-order valence-corrected chi connectivity index (χ4v) is 2.86. The van der Waals surface area contributed by atoms with Gasteiger partial charge in [-0.15, -0.1) is 0 Å². The van der Waals surface area contributed by atoms with Crippen LogP contribution >= 0.6 is 0 Å². The minimum atomic E-state index is 0.427. The first-order valence-corrected chi connectivity index (χ1v) is 8.90. The van der Waals surface area contributed by atoms with Crippen LogP contribution in [0.1, 0.15) is 5.69 Å². The van der Waals surface area contributed by atoms with Crippen molar-refractivity contribution in [2.45, 2.75) is 6.92 Å². The van der Waals surface area contributed by atoms with Crippen LogP contribution in [0.25, 0.3) is 0 Å². The zero-order valence-corrected chi connectivity index (χ0v) is 17.1. The third-order valence-electron chi connectivity index (χ3n) is 4.14. The molecule has 0 saturated heterocycles. The molecule has 0 aliphatic heterocycles. The summed E-state index contributed by atoms with van der Waals surface area (Å²) < 4.78 is 21.5. The lowest BCUT2D eigenvalue weighted by molar-refractivity contribution is 0.324. The number of hydrogen-bond acceptors (Lipinski definition) is 8. The van der Waals surface area contributed by atoms with E-state index in [0.29, 0.717) is 34.7 Å². The number of nitrogens with zero attached hydrogens (tertiary/aromatic N) is 2. The summed E-state index contributed by atoms with van der Waals surface area (Å²) in [5.41, 5.74) is 2.31. The van der Waals surface area contributed by atoms with Crippen LogP contribution in [-0.4, -0.2) is 38.4 Å². The van der Waals surface area contributed by atoms with E-state index in [1.165, 1.54) is 0 Å². The number of benzene rings is 2. The molecule has 0 spiro atoms. The van der Waals surface area contributed by atoms with E-state index in [2.05, 4.69) is 20.6 Å². The largest absolute Gasteiger partial charge is 0.495 e. The molecule has 0 fully saturated rings. The average molecular weight is 396 g/mol. The first kappa shape index (κ1) is 20.1. The number of methoxy groups -OCH3 is 4. The smallest absolute Gasteiger partial charge is 0.229 e. The highest BCUT2D eigenvalue weighted by atomic mass is 16.5. The van der Waals surface area contributed by atoms with Gasteiger partial charge in [0.05, 0.1) is 34.1 Å². The SMILES string of the molecule is COc1ccccc1Nc1cc(C)nc(Nc2cc(OC)c(OC)c(OC)c2)n1. The Morgan fingerprint density at radius 1 is 0.724 bits per heavy atom. The summed E-state index contributed by atoms with van der Waals surface area (Å²) in [7, 11) is 6.33. The number of nitrogens with one attached hydrogen (secondary N) is 2. The van der Waals surface area contributed by atoms with E-state index in [0.717, 1.165) is 17.1 Å². The monoisotopic (exact) mass is 396 g/mol. The second kappa shape index (κ2) is 9.01. The molecule has 29 heavy (non-hydrogen) atoms. The Morgan fingerprint density at radius 3 is 2.00 bits per heavy atom. The molecule has 3 rings (SSSR count). The van der Waals surface area contributed by atoms with Crippen molar-refractivity contribution in [1.82, 2.24) is 9.97 Å². The Morgan fingerprint density at radius 2 is 1.38 bits per heavy atom. The molecular weight excluding hydrogens is 372 g/mol. The normalized spacial score (nSPS) is 10.2. The fourth-order valence-electron chi connectivity index (χ4n) is 2.86. The zero-order valence-electron chi connectivity index (χ0n) is 17.1. The molecule has 8 nitrogen and oxygen atoms in total. The van der Waals surface area contributed by atoms with Gasteiger partial charge in [0.2, 0.25) is 11.7 Å². The zero-order chi connectivity index (χ0) is 20.8. The van der Waals surface area contributed by atoms with Crippen molar-refractivity contribution in [3.63, 3.8) is 0 Å². The van der Waals surface area contributed by atoms with Crippen LogP contribution in [0.3, 0.4) is 0 Å². The summed E-state index contributed by atoms with van der Waals surface area (Å²) in [6, 6.07) is 13.1. The lowest BCUT2D eigenvalue weighted by Gasteiger charge is -2.15. The molecule has 0 radical (unpaired) electrons. The molecule has 0 aliphatic carbocycles. The van der Waals surface area contributed by atoms with Crippen molar-refractivity contribution in [2.24, 2.45) is 0 Å². The highest BCUT2D eigenvalue weighted by Crippen LogP contribution is 2.40. The third kappa shape index (κ3) is 4.60. The molecule has 8 heteroatoms. The van der Waals surface area contributed by atoms with E-state index in [1.807, 2.05) is 37.3 Å². The van der Waals surface area contributed by atoms with Gasteiger partial charge < -0.3 is 29.6 Å². The lowest BCUT2D eigenvalue weighted by Crippen LogP contribution is -2.04. The van der Waals surface area contributed by atoms with Gasteiger partial charge in [0.25, 0.3) is 0 Å². The van der Waals surface area contributed by atoms with Gasteiger partial charge in [0.1, 0.15) is 11.6 Å². The Bertz CT molecular complexity index is 969. The molecule has 1 heterocycles. The number of aromatic nitrogens is 2. The minimum Gasteiger partial charge on any atom is -0.495 e. The number of ether oxygens (including phenoxy) is 4. The van der Waals surface area contributed by atoms with E-state index >= 15 is 0 Å². The van der Waals surface area contributed by atoms with Crippen LogP contribution in [-0.2, 0) is 0 Å². The summed E-state index contributed by atoms with van der Waals surface area (Å²) in [5.74, 6) is 3.38.